The van der Waals surface area contributed by atoms with E-state index in [2.05, 4.69) is 26.0 Å². The third-order valence-electron chi connectivity index (χ3n) is 2.39. The van der Waals surface area contributed by atoms with Crippen LogP contribution in [0.1, 0.15) is 0 Å². The van der Waals surface area contributed by atoms with Crippen LogP contribution in [0.3, 0.4) is 0 Å². The van der Waals surface area contributed by atoms with Gasteiger partial charge in [-0.05, 0) is 34.1 Å². The molecular weight excluding hydrogens is 266 g/mol. The predicted octanol–water partition coefficient (Wildman–Crippen LogP) is 3.18. The van der Waals surface area contributed by atoms with Crippen LogP contribution in [0.25, 0.3) is 16.7 Å². The Morgan fingerprint density at radius 3 is 2.75 bits per heavy atom. The minimum Gasteiger partial charge on any atom is -0.222 e. The molecule has 0 radical (unpaired) electrons. The number of fused-ring (bicyclic) bond motifs is 1. The Balaban J connectivity index is 2.26. The van der Waals surface area contributed by atoms with Gasteiger partial charge in [0.05, 0.1) is 11.7 Å². The Hall–Kier alpha value is -1.68. The molecule has 1 aromatic carbocycles. The van der Waals surface area contributed by atoms with Crippen LogP contribution in [0, 0.1) is 0 Å². The van der Waals surface area contributed by atoms with Crippen molar-refractivity contribution < 1.29 is 0 Å². The molecule has 0 amide bonds. The Morgan fingerprint density at radius 2 is 1.88 bits per heavy atom. The minimum absolute atomic E-state index is 0.810. The SMILES string of the molecule is Brc1cccc(-n2ncc3ccccc32)n1. The van der Waals surface area contributed by atoms with Gasteiger partial charge >= 0.3 is 0 Å². The largest absolute Gasteiger partial charge is 0.222 e. The second-order valence-electron chi connectivity index (χ2n) is 3.43. The van der Waals surface area contributed by atoms with Crippen molar-refractivity contribution in [2.24, 2.45) is 0 Å². The van der Waals surface area contributed by atoms with Crippen LogP contribution in [0.2, 0.25) is 0 Å². The molecule has 0 aliphatic heterocycles. The molecule has 4 heteroatoms. The van der Waals surface area contributed by atoms with E-state index >= 15 is 0 Å². The van der Waals surface area contributed by atoms with Crippen LogP contribution in [0.4, 0.5) is 0 Å². The van der Waals surface area contributed by atoms with Gasteiger partial charge in [0.2, 0.25) is 0 Å². The van der Waals surface area contributed by atoms with E-state index in [1.165, 1.54) is 0 Å². The summed E-state index contributed by atoms with van der Waals surface area (Å²) in [5, 5.41) is 5.46. The van der Waals surface area contributed by atoms with E-state index in [-0.39, 0.29) is 0 Å². The molecule has 0 bridgehead atoms. The lowest BCUT2D eigenvalue weighted by Gasteiger charge is -2.02. The molecule has 0 aliphatic carbocycles. The first-order valence-electron chi connectivity index (χ1n) is 4.90. The smallest absolute Gasteiger partial charge is 0.155 e. The molecule has 2 heterocycles. The van der Waals surface area contributed by atoms with Crippen LogP contribution in [0.5, 0.6) is 0 Å². The number of aromatic nitrogens is 3. The quantitative estimate of drug-likeness (QED) is 0.638. The van der Waals surface area contributed by atoms with E-state index < -0.39 is 0 Å². The zero-order valence-electron chi connectivity index (χ0n) is 8.34. The highest BCUT2D eigenvalue weighted by Crippen LogP contribution is 2.17. The zero-order chi connectivity index (χ0) is 11.0. The summed E-state index contributed by atoms with van der Waals surface area (Å²) in [6.07, 6.45) is 1.85. The standard InChI is InChI=1S/C12H8BrN3/c13-11-6-3-7-12(15-11)16-10-5-2-1-4-9(10)8-14-16/h1-8H. The fourth-order valence-electron chi connectivity index (χ4n) is 1.67. The molecule has 78 valence electrons. The number of benzene rings is 1. The first kappa shape index (κ1) is 9.54. The molecule has 0 atom stereocenters. The van der Waals surface area contributed by atoms with E-state index in [0.29, 0.717) is 0 Å². The van der Waals surface area contributed by atoms with Gasteiger partial charge < -0.3 is 0 Å². The average Bonchev–Trinajstić information content (AvgIpc) is 2.72. The molecule has 0 fully saturated rings. The summed E-state index contributed by atoms with van der Waals surface area (Å²) in [5.74, 6) is 0.815. The highest BCUT2D eigenvalue weighted by Gasteiger charge is 2.04. The molecule has 3 rings (SSSR count). The van der Waals surface area contributed by atoms with Crippen LogP contribution in [-0.2, 0) is 0 Å². The van der Waals surface area contributed by atoms with Crippen molar-refractivity contribution in [3.63, 3.8) is 0 Å². The molecule has 0 saturated heterocycles. The predicted molar refractivity (Wildman–Crippen MR) is 66.6 cm³/mol. The van der Waals surface area contributed by atoms with Gasteiger partial charge in [0.1, 0.15) is 4.60 Å². The summed E-state index contributed by atoms with van der Waals surface area (Å²) in [6.45, 7) is 0. The van der Waals surface area contributed by atoms with E-state index in [4.69, 9.17) is 0 Å². The van der Waals surface area contributed by atoms with Crippen LogP contribution >= 0.6 is 15.9 Å². The van der Waals surface area contributed by atoms with Gasteiger partial charge in [0.15, 0.2) is 5.82 Å². The normalized spacial score (nSPS) is 10.8. The van der Waals surface area contributed by atoms with Crippen molar-refractivity contribution in [2.75, 3.05) is 0 Å². The van der Waals surface area contributed by atoms with Gasteiger partial charge in [-0.2, -0.15) is 5.10 Å². The third kappa shape index (κ3) is 1.51. The molecule has 0 spiro atoms. The summed E-state index contributed by atoms with van der Waals surface area (Å²) in [7, 11) is 0. The summed E-state index contributed by atoms with van der Waals surface area (Å²) < 4.78 is 2.64. The van der Waals surface area contributed by atoms with Crippen LogP contribution < -0.4 is 0 Å². The van der Waals surface area contributed by atoms with Crippen LogP contribution in [0.15, 0.2) is 53.3 Å². The first-order valence-corrected chi connectivity index (χ1v) is 5.69. The van der Waals surface area contributed by atoms with E-state index in [0.717, 1.165) is 21.3 Å². The summed E-state index contributed by atoms with van der Waals surface area (Å²) in [5.41, 5.74) is 1.06. The lowest BCUT2D eigenvalue weighted by Crippen LogP contribution is -1.98. The number of hydrogen-bond donors (Lipinski definition) is 0. The highest BCUT2D eigenvalue weighted by atomic mass is 79.9. The summed E-state index contributed by atoms with van der Waals surface area (Å²) >= 11 is 3.36. The highest BCUT2D eigenvalue weighted by molar-refractivity contribution is 9.10. The van der Waals surface area contributed by atoms with Crippen molar-refractivity contribution in [1.82, 2.24) is 14.8 Å². The molecule has 0 aliphatic rings. The van der Waals surface area contributed by atoms with Crippen molar-refractivity contribution in [1.29, 1.82) is 0 Å². The molecular formula is C12H8BrN3. The Morgan fingerprint density at radius 1 is 1.00 bits per heavy atom. The van der Waals surface area contributed by atoms with Crippen molar-refractivity contribution in [2.45, 2.75) is 0 Å². The number of rotatable bonds is 1. The lowest BCUT2D eigenvalue weighted by molar-refractivity contribution is 0.871. The van der Waals surface area contributed by atoms with Crippen LogP contribution in [-0.4, -0.2) is 14.8 Å². The maximum absolute atomic E-state index is 4.38. The van der Waals surface area contributed by atoms with E-state index in [1.807, 2.05) is 53.3 Å². The Kier molecular flexibility index (Phi) is 2.22. The number of halogens is 1. The maximum Gasteiger partial charge on any atom is 0.155 e. The molecule has 0 unspecified atom stereocenters. The number of hydrogen-bond acceptors (Lipinski definition) is 2. The van der Waals surface area contributed by atoms with Gasteiger partial charge in [-0.25, -0.2) is 9.67 Å². The number of para-hydroxylation sites is 1. The van der Waals surface area contributed by atoms with Crippen molar-refractivity contribution >= 4 is 26.8 Å². The van der Waals surface area contributed by atoms with Gasteiger partial charge in [-0.1, -0.05) is 24.3 Å². The maximum atomic E-state index is 4.38. The fourth-order valence-corrected chi connectivity index (χ4v) is 2.00. The second kappa shape index (κ2) is 3.72. The van der Waals surface area contributed by atoms with Gasteiger partial charge in [-0.15, -0.1) is 0 Å². The third-order valence-corrected chi connectivity index (χ3v) is 2.84. The minimum atomic E-state index is 0.810. The first-order chi connectivity index (χ1) is 7.84. The molecule has 16 heavy (non-hydrogen) atoms. The fraction of sp³-hybridized carbons (Fsp3) is 0. The van der Waals surface area contributed by atoms with Crippen molar-refractivity contribution in [3.8, 4) is 5.82 Å². The Bertz CT molecular complexity index is 645. The number of pyridine rings is 1. The summed E-state index contributed by atoms with van der Waals surface area (Å²) in [4.78, 5) is 4.38. The molecule has 0 N–H and O–H groups in total. The van der Waals surface area contributed by atoms with E-state index in [1.54, 1.807) is 0 Å². The second-order valence-corrected chi connectivity index (χ2v) is 4.25. The molecule has 0 saturated carbocycles. The topological polar surface area (TPSA) is 30.7 Å². The van der Waals surface area contributed by atoms with Gasteiger partial charge in [0.25, 0.3) is 0 Å². The zero-order valence-corrected chi connectivity index (χ0v) is 9.92. The van der Waals surface area contributed by atoms with Gasteiger partial charge in [0, 0.05) is 5.39 Å². The monoisotopic (exact) mass is 273 g/mol. The Labute approximate surface area is 101 Å². The average molecular weight is 274 g/mol. The van der Waals surface area contributed by atoms with Crippen molar-refractivity contribution in [3.05, 3.63) is 53.3 Å². The van der Waals surface area contributed by atoms with Gasteiger partial charge in [-0.3, -0.25) is 0 Å². The summed E-state index contributed by atoms with van der Waals surface area (Å²) in [6, 6.07) is 13.9. The molecule has 2 aromatic heterocycles. The van der Waals surface area contributed by atoms with E-state index in [9.17, 15) is 0 Å². The molecule has 3 aromatic rings. The molecule has 3 nitrogen and oxygen atoms in total. The lowest BCUT2D eigenvalue weighted by atomic mass is 10.2. The number of nitrogens with zero attached hydrogens (tertiary/aromatic N) is 3.